The van der Waals surface area contributed by atoms with Gasteiger partial charge in [0.15, 0.2) is 0 Å². The van der Waals surface area contributed by atoms with E-state index in [9.17, 15) is 26.6 Å². The van der Waals surface area contributed by atoms with Gasteiger partial charge >= 0.3 is 6.18 Å². The van der Waals surface area contributed by atoms with Gasteiger partial charge in [-0.3, -0.25) is 14.4 Å². The number of carbonyl (C=O) groups is 1. The van der Waals surface area contributed by atoms with E-state index in [1.54, 1.807) is 6.07 Å². The summed E-state index contributed by atoms with van der Waals surface area (Å²) in [6, 6.07) is 6.73. The highest BCUT2D eigenvalue weighted by Crippen LogP contribution is 2.45. The normalized spacial score (nSPS) is 18.2. The van der Waals surface area contributed by atoms with Crippen molar-refractivity contribution in [3.63, 3.8) is 0 Å². The van der Waals surface area contributed by atoms with Crippen LogP contribution in [0.4, 0.5) is 17.6 Å². The van der Waals surface area contributed by atoms with Crippen LogP contribution < -0.4 is 9.46 Å². The molecule has 1 saturated heterocycles. The van der Waals surface area contributed by atoms with Crippen LogP contribution >= 0.6 is 11.6 Å². The lowest BCUT2D eigenvalue weighted by Gasteiger charge is -2.32. The number of nitrogens with one attached hydrogen (secondary N) is 1. The Morgan fingerprint density at radius 3 is 2.47 bits per heavy atom. The van der Waals surface area contributed by atoms with Gasteiger partial charge in [0, 0.05) is 18.9 Å². The number of rotatable bonds is 8. The molecule has 0 bridgehead atoms. The van der Waals surface area contributed by atoms with Gasteiger partial charge in [0.25, 0.3) is 5.91 Å². The van der Waals surface area contributed by atoms with Crippen molar-refractivity contribution in [3.8, 4) is 5.75 Å². The second-order valence-electron chi connectivity index (χ2n) is 9.37. The smallest absolute Gasteiger partial charge is 0.417 e. The summed E-state index contributed by atoms with van der Waals surface area (Å²) < 4.78 is 73.5. The van der Waals surface area contributed by atoms with Crippen molar-refractivity contribution < 1.29 is 31.3 Å². The van der Waals surface area contributed by atoms with Crippen LogP contribution in [-0.2, 0) is 23.7 Å². The minimum absolute atomic E-state index is 0.149. The Kier molecular flexibility index (Phi) is 8.26. The average Bonchev–Trinajstić information content (AvgIpc) is 3.64. The number of ether oxygens (including phenoxy) is 1. The van der Waals surface area contributed by atoms with Gasteiger partial charge < -0.3 is 4.74 Å². The lowest BCUT2D eigenvalue weighted by atomic mass is 9.97. The fraction of sp³-hybridized carbons (Fsp3) is 0.480. The monoisotopic (exact) mass is 546 g/mol. The maximum absolute atomic E-state index is 14.6. The molecule has 2 aliphatic rings. The standard InChI is InChI=1S/C25H27ClF4N2O3S/c1-36(34)31-24(33)19-11-18(17-3-4-17)23(12-22(19)27)35-14-15-6-8-32(9-7-15)13-16-2-5-21(26)20(10-16)25(28,29)30/h2,5,10-12,15,17H,3-4,6-9,13-14H2,1H3,(H,31,33). The number of likely N-dealkylation sites (tertiary alicyclic amines) is 1. The summed E-state index contributed by atoms with van der Waals surface area (Å²) in [5.41, 5.74) is 0.366. The second kappa shape index (κ2) is 11.1. The highest BCUT2D eigenvalue weighted by molar-refractivity contribution is 7.82. The van der Waals surface area contributed by atoms with Crippen molar-refractivity contribution in [1.82, 2.24) is 9.62 Å². The van der Waals surface area contributed by atoms with Crippen molar-refractivity contribution in [3.05, 3.63) is 63.4 Å². The molecule has 1 saturated carbocycles. The molecule has 0 spiro atoms. The Bertz CT molecular complexity index is 1150. The Morgan fingerprint density at radius 2 is 1.86 bits per heavy atom. The number of benzene rings is 2. The summed E-state index contributed by atoms with van der Waals surface area (Å²) in [6.07, 6.45) is 0.264. The van der Waals surface area contributed by atoms with Gasteiger partial charge in [-0.1, -0.05) is 17.7 Å². The van der Waals surface area contributed by atoms with Crippen molar-refractivity contribution in [2.75, 3.05) is 26.0 Å². The quantitative estimate of drug-likeness (QED) is 0.432. The molecule has 11 heteroatoms. The van der Waals surface area contributed by atoms with Gasteiger partial charge in [-0.2, -0.15) is 13.2 Å². The Hall–Kier alpha value is -2.17. The molecule has 1 amide bonds. The SMILES string of the molecule is CS(=O)NC(=O)c1cc(C2CC2)c(OCC2CCN(Cc3ccc(Cl)c(C(F)(F)F)c3)CC2)cc1F. The number of carbonyl (C=O) groups excluding carboxylic acids is 1. The molecule has 1 aliphatic carbocycles. The number of alkyl halides is 3. The zero-order valence-corrected chi connectivity index (χ0v) is 21.2. The van der Waals surface area contributed by atoms with E-state index in [0.717, 1.165) is 37.3 Å². The molecule has 196 valence electrons. The molecular weight excluding hydrogens is 520 g/mol. The van der Waals surface area contributed by atoms with Crippen molar-refractivity contribution in [2.24, 2.45) is 5.92 Å². The third kappa shape index (κ3) is 6.77. The lowest BCUT2D eigenvalue weighted by molar-refractivity contribution is -0.137. The lowest BCUT2D eigenvalue weighted by Crippen LogP contribution is -2.35. The molecule has 4 rings (SSSR count). The average molecular weight is 547 g/mol. The predicted molar refractivity (Wildman–Crippen MR) is 130 cm³/mol. The maximum Gasteiger partial charge on any atom is 0.417 e. The molecule has 1 aliphatic heterocycles. The van der Waals surface area contributed by atoms with Gasteiger partial charge in [-0.15, -0.1) is 0 Å². The topological polar surface area (TPSA) is 58.6 Å². The molecular formula is C25H27ClF4N2O3S. The van der Waals surface area contributed by atoms with Crippen LogP contribution in [0.3, 0.4) is 0 Å². The Morgan fingerprint density at radius 1 is 1.17 bits per heavy atom. The first-order chi connectivity index (χ1) is 17.0. The van der Waals surface area contributed by atoms with E-state index in [2.05, 4.69) is 9.62 Å². The van der Waals surface area contributed by atoms with Crippen LogP contribution in [0.15, 0.2) is 30.3 Å². The van der Waals surface area contributed by atoms with Gasteiger partial charge in [0.2, 0.25) is 0 Å². The summed E-state index contributed by atoms with van der Waals surface area (Å²) in [4.78, 5) is 14.3. The summed E-state index contributed by atoms with van der Waals surface area (Å²) in [7, 11) is -1.60. The predicted octanol–water partition coefficient (Wildman–Crippen LogP) is 5.69. The summed E-state index contributed by atoms with van der Waals surface area (Å²) in [6.45, 7) is 2.19. The highest BCUT2D eigenvalue weighted by atomic mass is 35.5. The number of amides is 1. The first-order valence-electron chi connectivity index (χ1n) is 11.7. The van der Waals surface area contributed by atoms with E-state index in [-0.39, 0.29) is 22.4 Å². The minimum atomic E-state index is -4.49. The first kappa shape index (κ1) is 26.9. The molecule has 2 aromatic rings. The van der Waals surface area contributed by atoms with Crippen LogP contribution in [0.5, 0.6) is 5.75 Å². The molecule has 0 radical (unpaired) electrons. The van der Waals surface area contributed by atoms with E-state index < -0.39 is 34.4 Å². The third-order valence-corrected chi connectivity index (χ3v) is 7.32. The van der Waals surface area contributed by atoms with Gasteiger partial charge in [0.05, 0.1) is 22.8 Å². The molecule has 1 heterocycles. The first-order valence-corrected chi connectivity index (χ1v) is 13.6. The second-order valence-corrected chi connectivity index (χ2v) is 10.9. The van der Waals surface area contributed by atoms with Crippen LogP contribution in [0.2, 0.25) is 5.02 Å². The van der Waals surface area contributed by atoms with E-state index >= 15 is 0 Å². The number of hydrogen-bond donors (Lipinski definition) is 1. The van der Waals surface area contributed by atoms with E-state index in [1.165, 1.54) is 24.5 Å². The Labute approximate surface area is 214 Å². The van der Waals surface area contributed by atoms with E-state index in [4.69, 9.17) is 16.3 Å². The molecule has 1 atom stereocenters. The van der Waals surface area contributed by atoms with Crippen molar-refractivity contribution in [2.45, 2.75) is 44.3 Å². The summed E-state index contributed by atoms with van der Waals surface area (Å²) >= 11 is 5.71. The zero-order chi connectivity index (χ0) is 26.0. The maximum atomic E-state index is 14.6. The molecule has 2 fully saturated rings. The number of hydrogen-bond acceptors (Lipinski definition) is 4. The number of halogens is 5. The summed E-state index contributed by atoms with van der Waals surface area (Å²) in [5.74, 6) is -0.599. The minimum Gasteiger partial charge on any atom is -0.493 e. The molecule has 2 aromatic carbocycles. The largest absolute Gasteiger partial charge is 0.493 e. The third-order valence-electron chi connectivity index (χ3n) is 6.52. The fourth-order valence-corrected chi connectivity index (χ4v) is 5.03. The molecule has 36 heavy (non-hydrogen) atoms. The molecule has 5 nitrogen and oxygen atoms in total. The van der Waals surface area contributed by atoms with Crippen molar-refractivity contribution >= 4 is 28.5 Å². The number of nitrogens with zero attached hydrogens (tertiary/aromatic N) is 1. The van der Waals surface area contributed by atoms with Gasteiger partial charge in [-0.05, 0) is 79.9 Å². The van der Waals surface area contributed by atoms with Crippen LogP contribution in [0, 0.1) is 11.7 Å². The van der Waals surface area contributed by atoms with Gasteiger partial charge in [0.1, 0.15) is 22.6 Å². The van der Waals surface area contributed by atoms with Crippen LogP contribution in [0.25, 0.3) is 0 Å². The van der Waals surface area contributed by atoms with E-state index in [1.807, 2.05) is 0 Å². The van der Waals surface area contributed by atoms with E-state index in [0.29, 0.717) is 37.6 Å². The van der Waals surface area contributed by atoms with Crippen molar-refractivity contribution in [1.29, 1.82) is 0 Å². The van der Waals surface area contributed by atoms with Gasteiger partial charge in [-0.25, -0.2) is 8.60 Å². The zero-order valence-electron chi connectivity index (χ0n) is 19.7. The highest BCUT2D eigenvalue weighted by Gasteiger charge is 2.34. The molecule has 1 unspecified atom stereocenters. The molecule has 1 N–H and O–H groups in total. The summed E-state index contributed by atoms with van der Waals surface area (Å²) in [5, 5.41) is -0.307. The fourth-order valence-electron chi connectivity index (χ4n) is 4.43. The Balaban J connectivity index is 1.34. The molecule has 0 aromatic heterocycles. The number of piperidine rings is 1. The van der Waals surface area contributed by atoms with Crippen LogP contribution in [0.1, 0.15) is 58.6 Å². The van der Waals surface area contributed by atoms with Crippen LogP contribution in [-0.4, -0.2) is 41.0 Å².